The molecule has 8 nitrogen and oxygen atoms in total. The van der Waals surface area contributed by atoms with Crippen molar-refractivity contribution in [3.63, 3.8) is 0 Å². The average Bonchev–Trinajstić information content (AvgIpc) is 3.32. The molecule has 26 heavy (non-hydrogen) atoms. The molecular weight excluding hydrogens is 352 g/mol. The molecule has 9 heteroatoms. The first kappa shape index (κ1) is 18.2. The molecule has 0 unspecified atom stereocenters. The Balaban J connectivity index is 1.43. The lowest BCUT2D eigenvalue weighted by Gasteiger charge is -2.06. The summed E-state index contributed by atoms with van der Waals surface area (Å²) in [5.74, 6) is 1.37. The van der Waals surface area contributed by atoms with E-state index in [2.05, 4.69) is 31.0 Å². The molecule has 0 aliphatic heterocycles. The summed E-state index contributed by atoms with van der Waals surface area (Å²) in [5, 5.41) is 14.5. The van der Waals surface area contributed by atoms with Crippen molar-refractivity contribution in [3.8, 4) is 5.75 Å². The van der Waals surface area contributed by atoms with Crippen LogP contribution in [0, 0.1) is 0 Å². The van der Waals surface area contributed by atoms with Gasteiger partial charge in [-0.2, -0.15) is 10.1 Å². The van der Waals surface area contributed by atoms with E-state index in [0.29, 0.717) is 17.7 Å². The fourth-order valence-electron chi connectivity index (χ4n) is 2.52. The van der Waals surface area contributed by atoms with Crippen LogP contribution in [0.1, 0.15) is 32.6 Å². The van der Waals surface area contributed by atoms with Gasteiger partial charge < -0.3 is 10.1 Å². The van der Waals surface area contributed by atoms with Gasteiger partial charge in [-0.25, -0.2) is 10.5 Å². The highest BCUT2D eigenvalue weighted by molar-refractivity contribution is 7.99. The topological polar surface area (TPSA) is 104 Å². The van der Waals surface area contributed by atoms with Crippen molar-refractivity contribution in [2.24, 2.45) is 5.10 Å². The highest BCUT2D eigenvalue weighted by Crippen LogP contribution is 2.18. The number of anilines is 2. The van der Waals surface area contributed by atoms with Gasteiger partial charge in [0, 0.05) is 11.4 Å². The van der Waals surface area contributed by atoms with E-state index >= 15 is 0 Å². The van der Waals surface area contributed by atoms with E-state index in [9.17, 15) is 4.79 Å². The van der Waals surface area contributed by atoms with E-state index in [1.807, 2.05) is 31.2 Å². The third kappa shape index (κ3) is 5.48. The number of aromatic nitrogens is 3. The molecule has 3 N–H and O–H groups in total. The van der Waals surface area contributed by atoms with Gasteiger partial charge in [-0.05, 0) is 56.9 Å². The highest BCUT2D eigenvalue weighted by Gasteiger charge is 2.10. The number of nitrogens with zero attached hydrogens (tertiary/aromatic N) is 3. The maximum absolute atomic E-state index is 12.0. The second-order valence-corrected chi connectivity index (χ2v) is 6.70. The second kappa shape index (κ2) is 9.23. The number of thioether (sulfide) groups is 1. The van der Waals surface area contributed by atoms with Gasteiger partial charge in [0.05, 0.1) is 12.4 Å². The lowest BCUT2D eigenvalue weighted by Crippen LogP contribution is -2.14. The van der Waals surface area contributed by atoms with E-state index in [4.69, 9.17) is 4.74 Å². The first-order chi connectivity index (χ1) is 12.7. The molecule has 0 bridgehead atoms. The molecule has 1 aromatic heterocycles. The van der Waals surface area contributed by atoms with Crippen LogP contribution < -0.4 is 15.5 Å². The van der Waals surface area contributed by atoms with Crippen molar-refractivity contribution >= 4 is 35.0 Å². The number of carbonyl (C=O) groups excluding carboxylic acids is 1. The van der Waals surface area contributed by atoms with Crippen LogP contribution in [0.2, 0.25) is 0 Å². The van der Waals surface area contributed by atoms with Crippen molar-refractivity contribution in [2.45, 2.75) is 37.8 Å². The third-order valence-electron chi connectivity index (χ3n) is 3.75. The maximum Gasteiger partial charge on any atom is 0.240 e. The van der Waals surface area contributed by atoms with Crippen LogP contribution in [-0.4, -0.2) is 39.2 Å². The number of aromatic amines is 1. The number of benzene rings is 1. The molecule has 1 saturated carbocycles. The van der Waals surface area contributed by atoms with Crippen molar-refractivity contribution in [1.82, 2.24) is 15.2 Å². The largest absolute Gasteiger partial charge is 0.494 e. The Labute approximate surface area is 156 Å². The standard InChI is InChI=1S/C17H22N6O2S/c1-2-25-14-9-7-12(8-10-14)18-15(24)11-26-17-19-16(22-23-17)21-20-13-5-3-4-6-13/h7-10H,2-6,11H2,1H3,(H,18,24)(H2,19,21,22,23). The summed E-state index contributed by atoms with van der Waals surface area (Å²) < 4.78 is 5.37. The monoisotopic (exact) mass is 374 g/mol. The molecule has 1 heterocycles. The van der Waals surface area contributed by atoms with Crippen LogP contribution in [0.5, 0.6) is 5.75 Å². The number of rotatable bonds is 8. The lowest BCUT2D eigenvalue weighted by atomic mass is 10.3. The number of hydrazone groups is 1. The van der Waals surface area contributed by atoms with Gasteiger partial charge in [-0.1, -0.05) is 11.8 Å². The average molecular weight is 374 g/mol. The molecule has 1 amide bonds. The summed E-state index contributed by atoms with van der Waals surface area (Å²) in [4.78, 5) is 16.3. The first-order valence-corrected chi connectivity index (χ1v) is 9.61. The van der Waals surface area contributed by atoms with Crippen LogP contribution in [0.4, 0.5) is 11.6 Å². The summed E-state index contributed by atoms with van der Waals surface area (Å²) in [7, 11) is 0. The second-order valence-electron chi connectivity index (χ2n) is 5.76. The molecule has 1 aliphatic rings. The first-order valence-electron chi connectivity index (χ1n) is 8.62. The molecule has 1 aromatic carbocycles. The Morgan fingerprint density at radius 2 is 2.08 bits per heavy atom. The normalized spacial score (nSPS) is 13.5. The molecule has 0 atom stereocenters. The van der Waals surface area contributed by atoms with E-state index in [1.54, 1.807) is 0 Å². The zero-order valence-corrected chi connectivity index (χ0v) is 15.4. The highest BCUT2D eigenvalue weighted by atomic mass is 32.2. The quantitative estimate of drug-likeness (QED) is 0.484. The molecular formula is C17H22N6O2S. The van der Waals surface area contributed by atoms with Gasteiger partial charge in [0.2, 0.25) is 17.0 Å². The van der Waals surface area contributed by atoms with Crippen molar-refractivity contribution < 1.29 is 9.53 Å². The molecule has 0 spiro atoms. The van der Waals surface area contributed by atoms with Crippen LogP contribution in [0.3, 0.4) is 0 Å². The zero-order chi connectivity index (χ0) is 18.2. The van der Waals surface area contributed by atoms with Gasteiger partial charge in [0.25, 0.3) is 0 Å². The Morgan fingerprint density at radius 3 is 2.81 bits per heavy atom. The molecule has 0 radical (unpaired) electrons. The smallest absolute Gasteiger partial charge is 0.240 e. The minimum atomic E-state index is -0.121. The van der Waals surface area contributed by atoms with Gasteiger partial charge in [0.15, 0.2) is 0 Å². The minimum Gasteiger partial charge on any atom is -0.494 e. The van der Waals surface area contributed by atoms with E-state index in [1.165, 1.54) is 24.6 Å². The van der Waals surface area contributed by atoms with Crippen LogP contribution in [0.25, 0.3) is 0 Å². The van der Waals surface area contributed by atoms with Gasteiger partial charge in [-0.3, -0.25) is 4.79 Å². The Kier molecular flexibility index (Phi) is 6.48. The molecule has 2 aromatic rings. The molecule has 1 fully saturated rings. The zero-order valence-electron chi connectivity index (χ0n) is 14.6. The third-order valence-corrected chi connectivity index (χ3v) is 4.59. The number of hydrogen-bond acceptors (Lipinski definition) is 7. The lowest BCUT2D eigenvalue weighted by molar-refractivity contribution is -0.113. The number of H-pyrrole nitrogens is 1. The molecule has 0 saturated heterocycles. The number of amides is 1. The summed E-state index contributed by atoms with van der Waals surface area (Å²) in [5.41, 5.74) is 4.77. The predicted molar refractivity (Wildman–Crippen MR) is 103 cm³/mol. The van der Waals surface area contributed by atoms with Crippen molar-refractivity contribution in [3.05, 3.63) is 24.3 Å². The number of nitrogens with one attached hydrogen (secondary N) is 3. The number of ether oxygens (including phenoxy) is 1. The van der Waals surface area contributed by atoms with Gasteiger partial charge >= 0.3 is 0 Å². The molecule has 138 valence electrons. The van der Waals surface area contributed by atoms with Crippen LogP contribution in [-0.2, 0) is 4.79 Å². The predicted octanol–water partition coefficient (Wildman–Crippen LogP) is 3.28. The maximum atomic E-state index is 12.0. The van der Waals surface area contributed by atoms with Crippen LogP contribution >= 0.6 is 11.8 Å². The minimum absolute atomic E-state index is 0.121. The fraction of sp³-hybridized carbons (Fsp3) is 0.412. The summed E-state index contributed by atoms with van der Waals surface area (Å²) in [6.07, 6.45) is 4.46. The summed E-state index contributed by atoms with van der Waals surface area (Å²) >= 11 is 1.26. The van der Waals surface area contributed by atoms with Crippen LogP contribution in [0.15, 0.2) is 34.5 Å². The number of hydrogen-bond donors (Lipinski definition) is 3. The fourth-order valence-corrected chi connectivity index (χ4v) is 3.11. The van der Waals surface area contributed by atoms with Gasteiger partial charge in [0.1, 0.15) is 5.75 Å². The summed E-state index contributed by atoms with van der Waals surface area (Å²) in [6.45, 7) is 2.54. The Bertz CT molecular complexity index is 751. The van der Waals surface area contributed by atoms with Crippen molar-refractivity contribution in [2.75, 3.05) is 23.1 Å². The number of carbonyl (C=O) groups is 1. The Hall–Kier alpha value is -2.55. The van der Waals surface area contributed by atoms with E-state index in [-0.39, 0.29) is 11.7 Å². The Morgan fingerprint density at radius 1 is 1.31 bits per heavy atom. The molecule has 3 rings (SSSR count). The molecule has 1 aliphatic carbocycles. The SMILES string of the molecule is CCOc1ccc(NC(=O)CSc2n[nH]c(NN=C3CCCC3)n2)cc1. The van der Waals surface area contributed by atoms with E-state index < -0.39 is 0 Å². The van der Waals surface area contributed by atoms with Crippen molar-refractivity contribution in [1.29, 1.82) is 0 Å². The van der Waals surface area contributed by atoms with E-state index in [0.717, 1.165) is 30.0 Å². The summed E-state index contributed by atoms with van der Waals surface area (Å²) in [6, 6.07) is 7.27. The van der Waals surface area contributed by atoms with Gasteiger partial charge in [-0.15, -0.1) is 5.10 Å².